The van der Waals surface area contributed by atoms with Crippen LogP contribution in [0.25, 0.3) is 4.96 Å². The first kappa shape index (κ1) is 16.4. The Labute approximate surface area is 139 Å². The second-order valence-corrected chi connectivity index (χ2v) is 7.18. The molecule has 0 aliphatic carbocycles. The predicted molar refractivity (Wildman–Crippen MR) is 89.1 cm³/mol. The van der Waals surface area contributed by atoms with Crippen molar-refractivity contribution in [3.05, 3.63) is 16.4 Å². The molecule has 7 nitrogen and oxygen atoms in total. The van der Waals surface area contributed by atoms with E-state index in [-0.39, 0.29) is 18.4 Å². The summed E-state index contributed by atoms with van der Waals surface area (Å²) in [7, 11) is 0. The van der Waals surface area contributed by atoms with Crippen LogP contribution in [0.2, 0.25) is 0 Å². The number of aliphatic hydroxyl groups is 1. The van der Waals surface area contributed by atoms with Crippen LogP contribution in [-0.2, 0) is 0 Å². The zero-order valence-corrected chi connectivity index (χ0v) is 14.6. The molecule has 3 heterocycles. The highest BCUT2D eigenvalue weighted by Gasteiger charge is 2.27. The Hall–Kier alpha value is -1.51. The Morgan fingerprint density at radius 3 is 2.57 bits per heavy atom. The van der Waals surface area contributed by atoms with Crippen molar-refractivity contribution in [2.75, 3.05) is 39.3 Å². The lowest BCUT2D eigenvalue weighted by molar-refractivity contribution is 0.0618. The van der Waals surface area contributed by atoms with Crippen molar-refractivity contribution < 1.29 is 9.90 Å². The van der Waals surface area contributed by atoms with E-state index in [2.05, 4.69) is 28.9 Å². The van der Waals surface area contributed by atoms with E-state index >= 15 is 0 Å². The number of rotatable bonds is 4. The minimum Gasteiger partial charge on any atom is -0.395 e. The first-order valence-electron chi connectivity index (χ1n) is 7.99. The maximum Gasteiger partial charge on any atom is 0.265 e. The van der Waals surface area contributed by atoms with E-state index in [1.54, 1.807) is 0 Å². The summed E-state index contributed by atoms with van der Waals surface area (Å²) in [4.78, 5) is 18.5. The van der Waals surface area contributed by atoms with Gasteiger partial charge in [0.1, 0.15) is 10.7 Å². The molecular weight excluding hydrogens is 314 g/mol. The summed E-state index contributed by atoms with van der Waals surface area (Å²) in [6.07, 6.45) is 0. The number of thiazole rings is 1. The van der Waals surface area contributed by atoms with Crippen molar-refractivity contribution in [2.45, 2.75) is 26.7 Å². The van der Waals surface area contributed by atoms with Gasteiger partial charge in [-0.2, -0.15) is 0 Å². The van der Waals surface area contributed by atoms with Crippen molar-refractivity contribution in [1.82, 2.24) is 24.4 Å². The summed E-state index contributed by atoms with van der Waals surface area (Å²) in [6.45, 7) is 10.00. The van der Waals surface area contributed by atoms with Gasteiger partial charge in [-0.05, 0) is 6.92 Å². The molecule has 1 aliphatic heterocycles. The summed E-state index contributed by atoms with van der Waals surface area (Å²) < 4.78 is 2.00. The van der Waals surface area contributed by atoms with E-state index in [9.17, 15) is 4.79 Å². The number of carbonyl (C=O) groups is 1. The second kappa shape index (κ2) is 6.54. The fraction of sp³-hybridized carbons (Fsp3) is 0.667. The molecule has 2 aromatic rings. The van der Waals surface area contributed by atoms with E-state index in [0.29, 0.717) is 19.6 Å². The average molecular weight is 337 g/mol. The number of fused-ring (bicyclic) bond motifs is 1. The largest absolute Gasteiger partial charge is 0.395 e. The van der Waals surface area contributed by atoms with E-state index in [1.807, 2.05) is 16.2 Å². The molecule has 23 heavy (non-hydrogen) atoms. The smallest absolute Gasteiger partial charge is 0.265 e. The third-order valence-corrected chi connectivity index (χ3v) is 5.42. The summed E-state index contributed by atoms with van der Waals surface area (Å²) >= 11 is 1.42. The van der Waals surface area contributed by atoms with E-state index in [4.69, 9.17) is 5.11 Å². The van der Waals surface area contributed by atoms with Crippen LogP contribution in [0.4, 0.5) is 0 Å². The first-order valence-corrected chi connectivity index (χ1v) is 8.81. The quantitative estimate of drug-likeness (QED) is 0.900. The van der Waals surface area contributed by atoms with E-state index in [1.165, 1.54) is 11.3 Å². The highest BCUT2D eigenvalue weighted by atomic mass is 32.1. The molecular formula is C15H23N5O2S. The van der Waals surface area contributed by atoms with Gasteiger partial charge in [0.05, 0.1) is 6.61 Å². The summed E-state index contributed by atoms with van der Waals surface area (Å²) in [5.41, 5.74) is 0.932. The number of hydrogen-bond acceptors (Lipinski definition) is 6. The van der Waals surface area contributed by atoms with Gasteiger partial charge in [-0.15, -0.1) is 10.2 Å². The normalized spacial score (nSPS) is 16.7. The highest BCUT2D eigenvalue weighted by Crippen LogP contribution is 2.27. The van der Waals surface area contributed by atoms with Crippen molar-refractivity contribution in [3.63, 3.8) is 0 Å². The number of hydrogen-bond donors (Lipinski definition) is 1. The summed E-state index contributed by atoms with van der Waals surface area (Å²) in [5, 5.41) is 17.4. The van der Waals surface area contributed by atoms with Crippen LogP contribution in [0.5, 0.6) is 0 Å². The van der Waals surface area contributed by atoms with Gasteiger partial charge in [0.2, 0.25) is 4.96 Å². The molecule has 1 N–H and O–H groups in total. The summed E-state index contributed by atoms with van der Waals surface area (Å²) in [6, 6.07) is 0. The van der Waals surface area contributed by atoms with Gasteiger partial charge in [0, 0.05) is 44.3 Å². The maximum absolute atomic E-state index is 12.8. The van der Waals surface area contributed by atoms with Crippen LogP contribution < -0.4 is 0 Å². The molecule has 1 amide bonds. The standard InChI is InChI=1S/C15H23N5O2S/c1-10(2)13-16-17-15-20(13)11(3)12(23-15)14(22)19-6-4-18(5-7-19)8-9-21/h10,21H,4-9H2,1-3H3. The van der Waals surface area contributed by atoms with Crippen molar-refractivity contribution >= 4 is 22.2 Å². The molecule has 3 rings (SSSR count). The molecule has 0 unspecified atom stereocenters. The lowest BCUT2D eigenvalue weighted by Crippen LogP contribution is -2.49. The molecule has 0 saturated carbocycles. The van der Waals surface area contributed by atoms with E-state index < -0.39 is 0 Å². The molecule has 0 radical (unpaired) electrons. The molecule has 0 atom stereocenters. The molecule has 0 spiro atoms. The number of amides is 1. The number of nitrogens with zero attached hydrogens (tertiary/aromatic N) is 5. The molecule has 0 aromatic carbocycles. The minimum absolute atomic E-state index is 0.0800. The third-order valence-electron chi connectivity index (χ3n) is 4.30. The van der Waals surface area contributed by atoms with Crippen molar-refractivity contribution in [1.29, 1.82) is 0 Å². The van der Waals surface area contributed by atoms with Gasteiger partial charge >= 0.3 is 0 Å². The Kier molecular flexibility index (Phi) is 4.65. The van der Waals surface area contributed by atoms with Gasteiger partial charge in [0.15, 0.2) is 0 Å². The van der Waals surface area contributed by atoms with Gasteiger partial charge < -0.3 is 10.0 Å². The van der Waals surface area contributed by atoms with Crippen molar-refractivity contribution in [2.24, 2.45) is 0 Å². The van der Waals surface area contributed by atoms with Gasteiger partial charge in [-0.3, -0.25) is 14.1 Å². The highest BCUT2D eigenvalue weighted by molar-refractivity contribution is 7.19. The van der Waals surface area contributed by atoms with Crippen LogP contribution in [0.1, 0.15) is 41.0 Å². The van der Waals surface area contributed by atoms with Crippen LogP contribution in [0, 0.1) is 6.92 Å². The molecule has 0 bridgehead atoms. The maximum atomic E-state index is 12.8. The Bertz CT molecular complexity index is 700. The van der Waals surface area contributed by atoms with Crippen LogP contribution in [0.3, 0.4) is 0 Å². The molecule has 1 aliphatic rings. The van der Waals surface area contributed by atoms with Gasteiger partial charge in [0.25, 0.3) is 5.91 Å². The molecule has 126 valence electrons. The monoisotopic (exact) mass is 337 g/mol. The summed E-state index contributed by atoms with van der Waals surface area (Å²) in [5.74, 6) is 1.25. The van der Waals surface area contributed by atoms with Crippen LogP contribution in [-0.4, -0.2) is 74.7 Å². The Morgan fingerprint density at radius 2 is 1.96 bits per heavy atom. The minimum atomic E-state index is 0.0800. The number of carbonyl (C=O) groups excluding carboxylic acids is 1. The Balaban J connectivity index is 1.81. The Morgan fingerprint density at radius 1 is 1.26 bits per heavy atom. The first-order chi connectivity index (χ1) is 11.0. The molecule has 2 aromatic heterocycles. The van der Waals surface area contributed by atoms with E-state index in [0.717, 1.165) is 34.4 Å². The fourth-order valence-corrected chi connectivity index (χ4v) is 4.00. The number of β-amino-alcohol motifs (C(OH)–C–C–N with tert-alkyl or cyclic N) is 1. The number of aryl methyl sites for hydroxylation is 1. The zero-order valence-electron chi connectivity index (χ0n) is 13.8. The SMILES string of the molecule is Cc1c(C(=O)N2CCN(CCO)CC2)sc2nnc(C(C)C)n12. The molecule has 1 saturated heterocycles. The average Bonchev–Trinajstić information content (AvgIpc) is 3.08. The fourth-order valence-electron chi connectivity index (χ4n) is 2.96. The van der Waals surface area contributed by atoms with Gasteiger partial charge in [-0.25, -0.2) is 0 Å². The van der Waals surface area contributed by atoms with Crippen molar-refractivity contribution in [3.8, 4) is 0 Å². The topological polar surface area (TPSA) is 74.0 Å². The number of piperazine rings is 1. The van der Waals surface area contributed by atoms with Gasteiger partial charge in [-0.1, -0.05) is 25.2 Å². The zero-order chi connectivity index (χ0) is 16.6. The lowest BCUT2D eigenvalue weighted by Gasteiger charge is -2.34. The molecule has 1 fully saturated rings. The number of aromatic nitrogens is 3. The third kappa shape index (κ3) is 2.98. The van der Waals surface area contributed by atoms with Crippen LogP contribution in [0.15, 0.2) is 0 Å². The lowest BCUT2D eigenvalue weighted by atomic mass is 10.2. The molecule has 8 heteroatoms. The predicted octanol–water partition coefficient (Wildman–Crippen LogP) is 0.973. The van der Waals surface area contributed by atoms with Crippen LogP contribution >= 0.6 is 11.3 Å². The second-order valence-electron chi connectivity index (χ2n) is 6.20. The number of aliphatic hydroxyl groups excluding tert-OH is 1.